The van der Waals surface area contributed by atoms with E-state index in [1.807, 2.05) is 35.6 Å². The number of likely N-dealkylation sites (tertiary alicyclic amines) is 1. The molecule has 1 aliphatic heterocycles. The Hall–Kier alpha value is -2.96. The van der Waals surface area contributed by atoms with Gasteiger partial charge < -0.3 is 9.47 Å². The van der Waals surface area contributed by atoms with Crippen LogP contribution in [0.5, 0.6) is 0 Å². The summed E-state index contributed by atoms with van der Waals surface area (Å²) in [5, 5.41) is 0.591. The average molecular weight is 365 g/mol. The summed E-state index contributed by atoms with van der Waals surface area (Å²) < 4.78 is 3.63. The number of hydrogen-bond acceptors (Lipinski definition) is 4. The smallest absolute Gasteiger partial charge is 0.261 e. The van der Waals surface area contributed by atoms with Gasteiger partial charge in [0.25, 0.3) is 5.56 Å². The summed E-state index contributed by atoms with van der Waals surface area (Å²) in [5.74, 6) is 0.687. The SMILES string of the molecule is O=C(CCn1cnc2ccccc2c1=O)N1CCC(Cn2ccnc2)CC1. The molecule has 1 fully saturated rings. The second-order valence-corrected chi connectivity index (χ2v) is 7.09. The molecule has 0 unspecified atom stereocenters. The number of carbonyl (C=O) groups excluding carboxylic acids is 1. The van der Waals surface area contributed by atoms with Gasteiger partial charge >= 0.3 is 0 Å². The first-order valence-corrected chi connectivity index (χ1v) is 9.38. The zero-order valence-electron chi connectivity index (χ0n) is 15.2. The maximum absolute atomic E-state index is 12.5. The number of piperidine rings is 1. The molecule has 27 heavy (non-hydrogen) atoms. The van der Waals surface area contributed by atoms with Crippen LogP contribution in [0.15, 0.2) is 54.1 Å². The molecule has 3 aromatic rings. The molecule has 0 radical (unpaired) electrons. The highest BCUT2D eigenvalue weighted by Gasteiger charge is 2.22. The topological polar surface area (TPSA) is 73.0 Å². The minimum Gasteiger partial charge on any atom is -0.343 e. The summed E-state index contributed by atoms with van der Waals surface area (Å²) in [5.41, 5.74) is 0.595. The predicted octanol–water partition coefficient (Wildman–Crippen LogP) is 1.92. The summed E-state index contributed by atoms with van der Waals surface area (Å²) in [4.78, 5) is 35.4. The van der Waals surface area contributed by atoms with Crippen LogP contribution in [0, 0.1) is 5.92 Å². The minimum absolute atomic E-state index is 0.0903. The summed E-state index contributed by atoms with van der Waals surface area (Å²) >= 11 is 0. The van der Waals surface area contributed by atoms with Crippen LogP contribution in [0.4, 0.5) is 0 Å². The van der Waals surface area contributed by atoms with Crippen molar-refractivity contribution < 1.29 is 4.79 Å². The first-order chi connectivity index (χ1) is 13.2. The van der Waals surface area contributed by atoms with Crippen LogP contribution in [0.1, 0.15) is 19.3 Å². The lowest BCUT2D eigenvalue weighted by Gasteiger charge is -2.32. The summed E-state index contributed by atoms with van der Waals surface area (Å²) in [6, 6.07) is 7.28. The van der Waals surface area contributed by atoms with Crippen LogP contribution < -0.4 is 5.56 Å². The van der Waals surface area contributed by atoms with E-state index in [2.05, 4.69) is 14.5 Å². The first kappa shape index (κ1) is 17.5. The van der Waals surface area contributed by atoms with E-state index < -0.39 is 0 Å². The van der Waals surface area contributed by atoms with Crippen LogP contribution >= 0.6 is 0 Å². The van der Waals surface area contributed by atoms with Crippen molar-refractivity contribution in [3.63, 3.8) is 0 Å². The minimum atomic E-state index is -0.0903. The molecular weight excluding hydrogens is 342 g/mol. The van der Waals surface area contributed by atoms with Crippen LogP contribution in [0.25, 0.3) is 10.9 Å². The number of imidazole rings is 1. The molecule has 1 aliphatic rings. The Labute approximate surface area is 157 Å². The number of carbonyl (C=O) groups is 1. The first-order valence-electron chi connectivity index (χ1n) is 9.38. The summed E-state index contributed by atoms with van der Waals surface area (Å²) in [7, 11) is 0. The van der Waals surface area contributed by atoms with Gasteiger partial charge in [0, 0.05) is 45.0 Å². The third-order valence-corrected chi connectivity index (χ3v) is 5.29. The number of benzene rings is 1. The number of aromatic nitrogens is 4. The van der Waals surface area contributed by atoms with Crippen molar-refractivity contribution in [1.29, 1.82) is 0 Å². The third-order valence-electron chi connectivity index (χ3n) is 5.29. The lowest BCUT2D eigenvalue weighted by molar-refractivity contribution is -0.132. The van der Waals surface area contributed by atoms with Gasteiger partial charge in [-0.25, -0.2) is 9.97 Å². The number of para-hydroxylation sites is 1. The number of aryl methyl sites for hydroxylation is 1. The van der Waals surface area contributed by atoms with E-state index in [1.165, 1.54) is 10.9 Å². The number of hydrogen-bond donors (Lipinski definition) is 0. The summed E-state index contributed by atoms with van der Waals surface area (Å²) in [6.45, 7) is 2.89. The zero-order chi connectivity index (χ0) is 18.6. The van der Waals surface area contributed by atoms with E-state index in [9.17, 15) is 9.59 Å². The molecule has 1 saturated heterocycles. The fourth-order valence-corrected chi connectivity index (χ4v) is 3.70. The Bertz CT molecular complexity index is 971. The molecule has 4 rings (SSSR count). The van der Waals surface area contributed by atoms with Crippen LogP contribution in [-0.4, -0.2) is 43.0 Å². The van der Waals surface area contributed by atoms with E-state index >= 15 is 0 Å². The lowest BCUT2D eigenvalue weighted by atomic mass is 9.96. The van der Waals surface area contributed by atoms with Gasteiger partial charge in [-0.15, -0.1) is 0 Å². The molecule has 0 N–H and O–H groups in total. The molecular formula is C20H23N5O2. The fourth-order valence-electron chi connectivity index (χ4n) is 3.70. The highest BCUT2D eigenvalue weighted by molar-refractivity contribution is 5.77. The van der Waals surface area contributed by atoms with Crippen molar-refractivity contribution >= 4 is 16.8 Å². The summed E-state index contributed by atoms with van der Waals surface area (Å²) in [6.07, 6.45) is 9.48. The molecule has 0 atom stereocenters. The monoisotopic (exact) mass is 365 g/mol. The Kier molecular flexibility index (Phi) is 5.00. The lowest BCUT2D eigenvalue weighted by Crippen LogP contribution is -2.40. The molecule has 7 nitrogen and oxygen atoms in total. The van der Waals surface area contributed by atoms with E-state index in [0.717, 1.165) is 32.5 Å². The highest BCUT2D eigenvalue weighted by Crippen LogP contribution is 2.19. The Morgan fingerprint density at radius 3 is 2.74 bits per heavy atom. The quantitative estimate of drug-likeness (QED) is 0.692. The van der Waals surface area contributed by atoms with Gasteiger partial charge in [-0.05, 0) is 30.9 Å². The second-order valence-electron chi connectivity index (χ2n) is 7.09. The van der Waals surface area contributed by atoms with E-state index in [1.54, 1.807) is 12.3 Å². The Morgan fingerprint density at radius 1 is 1.15 bits per heavy atom. The molecule has 7 heteroatoms. The number of amides is 1. The van der Waals surface area contributed by atoms with Crippen molar-refractivity contribution in [2.45, 2.75) is 32.4 Å². The van der Waals surface area contributed by atoms with Crippen molar-refractivity contribution in [2.75, 3.05) is 13.1 Å². The molecule has 140 valence electrons. The fraction of sp³-hybridized carbons (Fsp3) is 0.400. The molecule has 0 aliphatic carbocycles. The van der Waals surface area contributed by atoms with E-state index in [-0.39, 0.29) is 11.5 Å². The maximum atomic E-state index is 12.5. The van der Waals surface area contributed by atoms with Gasteiger partial charge in [0.2, 0.25) is 5.91 Å². The van der Waals surface area contributed by atoms with Gasteiger partial charge in [0.1, 0.15) is 0 Å². The number of nitrogens with zero attached hydrogens (tertiary/aromatic N) is 5. The highest BCUT2D eigenvalue weighted by atomic mass is 16.2. The standard InChI is InChI=1S/C20H23N5O2/c26-19(24-9-5-16(6-10-24)13-23-12-8-21-14-23)7-11-25-15-22-18-4-2-1-3-17(18)20(25)27/h1-4,8,12,14-16H,5-7,9-11,13H2. The third kappa shape index (κ3) is 3.92. The largest absolute Gasteiger partial charge is 0.343 e. The predicted molar refractivity (Wildman–Crippen MR) is 102 cm³/mol. The van der Waals surface area contributed by atoms with Gasteiger partial charge in [0.15, 0.2) is 0 Å². The molecule has 0 spiro atoms. The molecule has 1 amide bonds. The van der Waals surface area contributed by atoms with Gasteiger partial charge in [-0.3, -0.25) is 14.2 Å². The van der Waals surface area contributed by atoms with Gasteiger partial charge in [-0.1, -0.05) is 12.1 Å². The van der Waals surface area contributed by atoms with Crippen LogP contribution in [0.3, 0.4) is 0 Å². The van der Waals surface area contributed by atoms with Crippen molar-refractivity contribution in [2.24, 2.45) is 5.92 Å². The van der Waals surface area contributed by atoms with E-state index in [0.29, 0.717) is 29.8 Å². The molecule has 2 aromatic heterocycles. The second kappa shape index (κ2) is 7.73. The maximum Gasteiger partial charge on any atom is 0.261 e. The zero-order valence-corrected chi connectivity index (χ0v) is 15.2. The van der Waals surface area contributed by atoms with Crippen molar-refractivity contribution in [3.8, 4) is 0 Å². The van der Waals surface area contributed by atoms with E-state index in [4.69, 9.17) is 0 Å². The van der Waals surface area contributed by atoms with Crippen LogP contribution in [-0.2, 0) is 17.9 Å². The molecule has 0 saturated carbocycles. The normalized spacial score (nSPS) is 15.3. The molecule has 3 heterocycles. The Balaban J connectivity index is 1.31. The molecule has 1 aromatic carbocycles. The van der Waals surface area contributed by atoms with Crippen molar-refractivity contribution in [3.05, 3.63) is 59.7 Å². The Morgan fingerprint density at radius 2 is 1.96 bits per heavy atom. The van der Waals surface area contributed by atoms with Crippen LogP contribution in [0.2, 0.25) is 0 Å². The van der Waals surface area contributed by atoms with Gasteiger partial charge in [0.05, 0.1) is 23.6 Å². The molecule has 0 bridgehead atoms. The number of rotatable bonds is 5. The average Bonchev–Trinajstić information content (AvgIpc) is 3.21. The number of fused-ring (bicyclic) bond motifs is 1. The van der Waals surface area contributed by atoms with Gasteiger partial charge in [-0.2, -0.15) is 0 Å². The van der Waals surface area contributed by atoms with Crippen molar-refractivity contribution in [1.82, 2.24) is 24.0 Å².